The number of hydrogen-bond donors (Lipinski definition) is 1. The number of sulfonamides is 1. The summed E-state index contributed by atoms with van der Waals surface area (Å²) in [5.74, 6) is -0.616. The van der Waals surface area contributed by atoms with Gasteiger partial charge in [-0.2, -0.15) is 0 Å². The number of carbonyl (C=O) groups is 2. The third kappa shape index (κ3) is 8.93. The first-order valence-electron chi connectivity index (χ1n) is 12.3. The molecule has 36 heavy (non-hydrogen) atoms. The van der Waals surface area contributed by atoms with Gasteiger partial charge in [-0.1, -0.05) is 45.0 Å². The standard InChI is InChI=1S/C27H38FN3O4S/c1-6-25(27(33)29-18-20(2)3)30(19-22-12-14-23(28)15-13-22)26(32)11-8-16-31(36(5,34)35)24-10-7-9-21(4)17-24/h7,9-10,12-15,17,20,25H,6,8,11,16,18-19H2,1-5H3,(H,29,33)/t25-/m0/s1. The number of rotatable bonds is 13. The van der Waals surface area contributed by atoms with Crippen molar-refractivity contribution in [2.24, 2.45) is 5.92 Å². The Bertz CT molecular complexity index is 1120. The third-order valence-corrected chi connectivity index (χ3v) is 6.97. The number of halogens is 1. The van der Waals surface area contributed by atoms with Crippen molar-refractivity contribution in [3.63, 3.8) is 0 Å². The monoisotopic (exact) mass is 519 g/mol. The van der Waals surface area contributed by atoms with Gasteiger partial charge in [0.15, 0.2) is 0 Å². The molecule has 2 aromatic rings. The van der Waals surface area contributed by atoms with Crippen LogP contribution in [0.5, 0.6) is 0 Å². The first-order valence-corrected chi connectivity index (χ1v) is 14.1. The first-order chi connectivity index (χ1) is 16.9. The highest BCUT2D eigenvalue weighted by molar-refractivity contribution is 7.92. The molecule has 9 heteroatoms. The molecule has 0 saturated heterocycles. The molecule has 0 aliphatic carbocycles. The summed E-state index contributed by atoms with van der Waals surface area (Å²) in [5, 5.41) is 2.90. The fourth-order valence-electron chi connectivity index (χ4n) is 3.92. The molecule has 1 N–H and O–H groups in total. The highest BCUT2D eigenvalue weighted by atomic mass is 32.2. The van der Waals surface area contributed by atoms with E-state index in [0.717, 1.165) is 11.8 Å². The highest BCUT2D eigenvalue weighted by Crippen LogP contribution is 2.21. The van der Waals surface area contributed by atoms with E-state index in [1.165, 1.54) is 21.3 Å². The second-order valence-corrected chi connectivity index (χ2v) is 11.4. The Labute approximate surface area is 214 Å². The zero-order valence-corrected chi connectivity index (χ0v) is 22.6. The van der Waals surface area contributed by atoms with Crippen LogP contribution in [0.15, 0.2) is 48.5 Å². The van der Waals surface area contributed by atoms with E-state index in [9.17, 15) is 22.4 Å². The summed E-state index contributed by atoms with van der Waals surface area (Å²) < 4.78 is 39.6. The van der Waals surface area contributed by atoms with Gasteiger partial charge >= 0.3 is 0 Å². The third-order valence-electron chi connectivity index (χ3n) is 5.78. The Balaban J connectivity index is 2.20. The summed E-state index contributed by atoms with van der Waals surface area (Å²) in [6, 6.07) is 12.3. The zero-order valence-electron chi connectivity index (χ0n) is 21.8. The number of anilines is 1. The number of hydrogen-bond acceptors (Lipinski definition) is 4. The lowest BCUT2D eigenvalue weighted by Gasteiger charge is -2.31. The maximum absolute atomic E-state index is 13.4. The molecule has 0 aliphatic heterocycles. The van der Waals surface area contributed by atoms with Crippen molar-refractivity contribution in [2.45, 2.75) is 59.5 Å². The zero-order chi connectivity index (χ0) is 26.9. The van der Waals surface area contributed by atoms with Crippen LogP contribution in [0.1, 0.15) is 51.2 Å². The molecule has 0 aliphatic rings. The summed E-state index contributed by atoms with van der Waals surface area (Å²) >= 11 is 0. The van der Waals surface area contributed by atoms with Gasteiger partial charge < -0.3 is 10.2 Å². The number of nitrogens with zero attached hydrogens (tertiary/aromatic N) is 2. The minimum Gasteiger partial charge on any atom is -0.354 e. The maximum Gasteiger partial charge on any atom is 0.242 e. The van der Waals surface area contributed by atoms with Gasteiger partial charge in [-0.05, 0) is 61.1 Å². The average Bonchev–Trinajstić information content (AvgIpc) is 2.80. The van der Waals surface area contributed by atoms with Crippen LogP contribution in [0.2, 0.25) is 0 Å². The summed E-state index contributed by atoms with van der Waals surface area (Å²) in [5.41, 5.74) is 2.19. The summed E-state index contributed by atoms with van der Waals surface area (Å²) in [6.45, 7) is 8.49. The van der Waals surface area contributed by atoms with Crippen molar-refractivity contribution in [3.05, 3.63) is 65.5 Å². The molecule has 0 heterocycles. The molecule has 0 spiro atoms. The Morgan fingerprint density at radius 1 is 1.08 bits per heavy atom. The van der Waals surface area contributed by atoms with Crippen LogP contribution in [-0.2, 0) is 26.2 Å². The van der Waals surface area contributed by atoms with Gasteiger partial charge in [-0.25, -0.2) is 12.8 Å². The largest absolute Gasteiger partial charge is 0.354 e. The second kappa shape index (κ2) is 13.4. The lowest BCUT2D eigenvalue weighted by atomic mass is 10.1. The number of carbonyl (C=O) groups excluding carboxylic acids is 2. The molecule has 2 amide bonds. The summed E-state index contributed by atoms with van der Waals surface area (Å²) in [4.78, 5) is 27.8. The van der Waals surface area contributed by atoms with Crippen LogP contribution in [-0.4, -0.2) is 50.5 Å². The molecule has 0 fully saturated rings. The van der Waals surface area contributed by atoms with Crippen LogP contribution in [0.3, 0.4) is 0 Å². The molecule has 0 saturated carbocycles. The molecule has 198 valence electrons. The topological polar surface area (TPSA) is 86.8 Å². The smallest absolute Gasteiger partial charge is 0.242 e. The van der Waals surface area contributed by atoms with Gasteiger partial charge in [0, 0.05) is 26.1 Å². The number of amides is 2. The fourth-order valence-corrected chi connectivity index (χ4v) is 4.87. The molecule has 0 bridgehead atoms. The Morgan fingerprint density at radius 2 is 1.75 bits per heavy atom. The lowest BCUT2D eigenvalue weighted by Crippen LogP contribution is -2.49. The van der Waals surface area contributed by atoms with E-state index in [1.807, 2.05) is 33.8 Å². The van der Waals surface area contributed by atoms with Crippen molar-refractivity contribution in [3.8, 4) is 0 Å². The molecular formula is C27H38FN3O4S. The quantitative estimate of drug-likeness (QED) is 0.428. The molecule has 0 unspecified atom stereocenters. The predicted octanol–water partition coefficient (Wildman–Crippen LogP) is 4.26. The van der Waals surface area contributed by atoms with E-state index < -0.39 is 16.1 Å². The van der Waals surface area contributed by atoms with E-state index >= 15 is 0 Å². The highest BCUT2D eigenvalue weighted by Gasteiger charge is 2.29. The summed E-state index contributed by atoms with van der Waals surface area (Å²) in [7, 11) is -3.55. The van der Waals surface area contributed by atoms with Gasteiger partial charge in [-0.3, -0.25) is 13.9 Å². The van der Waals surface area contributed by atoms with Crippen LogP contribution >= 0.6 is 0 Å². The van der Waals surface area contributed by atoms with Crippen LogP contribution in [0, 0.1) is 18.7 Å². The van der Waals surface area contributed by atoms with E-state index in [1.54, 1.807) is 30.3 Å². The van der Waals surface area contributed by atoms with E-state index in [2.05, 4.69) is 5.32 Å². The number of benzene rings is 2. The normalized spacial score (nSPS) is 12.3. The SMILES string of the molecule is CC[C@@H](C(=O)NCC(C)C)N(Cc1ccc(F)cc1)C(=O)CCCN(c1cccc(C)c1)S(C)(=O)=O. The van der Waals surface area contributed by atoms with Crippen molar-refractivity contribution in [1.82, 2.24) is 10.2 Å². The molecule has 2 aromatic carbocycles. The Kier molecular flexibility index (Phi) is 10.9. The van der Waals surface area contributed by atoms with E-state index in [0.29, 0.717) is 24.2 Å². The number of aryl methyl sites for hydroxylation is 1. The minimum atomic E-state index is -3.55. The van der Waals surface area contributed by atoms with Gasteiger partial charge in [-0.15, -0.1) is 0 Å². The minimum absolute atomic E-state index is 0.0625. The molecular weight excluding hydrogens is 481 g/mol. The van der Waals surface area contributed by atoms with Gasteiger partial charge in [0.2, 0.25) is 21.8 Å². The van der Waals surface area contributed by atoms with Gasteiger partial charge in [0.1, 0.15) is 11.9 Å². The molecule has 0 aromatic heterocycles. The molecule has 2 rings (SSSR count). The van der Waals surface area contributed by atoms with Gasteiger partial charge in [0.05, 0.1) is 11.9 Å². The van der Waals surface area contributed by atoms with Crippen molar-refractivity contribution in [2.75, 3.05) is 23.7 Å². The fraction of sp³-hybridized carbons (Fsp3) is 0.481. The van der Waals surface area contributed by atoms with Crippen LogP contribution < -0.4 is 9.62 Å². The van der Waals surface area contributed by atoms with Crippen LogP contribution in [0.4, 0.5) is 10.1 Å². The van der Waals surface area contributed by atoms with Crippen LogP contribution in [0.25, 0.3) is 0 Å². The van der Waals surface area contributed by atoms with Crippen molar-refractivity contribution >= 4 is 27.5 Å². The van der Waals surface area contributed by atoms with E-state index in [-0.39, 0.29) is 49.5 Å². The van der Waals surface area contributed by atoms with Gasteiger partial charge in [0.25, 0.3) is 0 Å². The Morgan fingerprint density at radius 3 is 2.31 bits per heavy atom. The molecule has 0 radical (unpaired) electrons. The lowest BCUT2D eigenvalue weighted by molar-refractivity contribution is -0.141. The number of nitrogens with one attached hydrogen (secondary N) is 1. The predicted molar refractivity (Wildman–Crippen MR) is 141 cm³/mol. The molecule has 1 atom stereocenters. The average molecular weight is 520 g/mol. The van der Waals surface area contributed by atoms with Crippen molar-refractivity contribution < 1.29 is 22.4 Å². The van der Waals surface area contributed by atoms with Crippen molar-refractivity contribution in [1.29, 1.82) is 0 Å². The Hall–Kier alpha value is -2.94. The van der Waals surface area contributed by atoms with E-state index in [4.69, 9.17) is 0 Å². The first kappa shape index (κ1) is 29.3. The second-order valence-electron chi connectivity index (χ2n) is 9.49. The molecule has 7 nitrogen and oxygen atoms in total. The maximum atomic E-state index is 13.4. The summed E-state index contributed by atoms with van der Waals surface area (Å²) in [6.07, 6.45) is 1.90.